The number of rotatable bonds is 13. The number of amides is 1. The maximum absolute atomic E-state index is 13.6. The third-order valence-electron chi connectivity index (χ3n) is 6.18. The highest BCUT2D eigenvalue weighted by molar-refractivity contribution is 9.10. The van der Waals surface area contributed by atoms with E-state index in [1.165, 1.54) is 37.4 Å². The quantitative estimate of drug-likeness (QED) is 0.144. The fourth-order valence-corrected chi connectivity index (χ4v) is 5.82. The molecule has 1 amide bonds. The van der Waals surface area contributed by atoms with Crippen LogP contribution < -0.4 is 14.4 Å². The van der Waals surface area contributed by atoms with Crippen molar-refractivity contribution in [3.63, 3.8) is 0 Å². The van der Waals surface area contributed by atoms with Crippen molar-refractivity contribution in [1.29, 1.82) is 0 Å². The number of carbonyl (C=O) groups is 1. The molecule has 4 rings (SSSR count). The molecule has 1 heterocycles. The molecule has 3 aromatic carbocycles. The van der Waals surface area contributed by atoms with E-state index < -0.39 is 0 Å². The third-order valence-corrected chi connectivity index (χ3v) is 7.73. The Balaban J connectivity index is 1.57. The first-order chi connectivity index (χ1) is 19.1. The molecule has 0 aromatic heterocycles. The van der Waals surface area contributed by atoms with E-state index in [4.69, 9.17) is 14.5 Å². The molecule has 0 atom stereocenters. The summed E-state index contributed by atoms with van der Waals surface area (Å²) in [6.07, 6.45) is 9.13. The summed E-state index contributed by atoms with van der Waals surface area (Å²) in [6.45, 7) is 5.35. The van der Waals surface area contributed by atoms with Gasteiger partial charge in [0.2, 0.25) is 0 Å². The summed E-state index contributed by atoms with van der Waals surface area (Å²) in [5.74, 6) is 1.26. The minimum Gasteiger partial charge on any atom is -0.490 e. The van der Waals surface area contributed by atoms with Gasteiger partial charge in [-0.3, -0.25) is 9.69 Å². The van der Waals surface area contributed by atoms with Gasteiger partial charge >= 0.3 is 0 Å². The van der Waals surface area contributed by atoms with Gasteiger partial charge in [-0.25, -0.2) is 4.99 Å². The van der Waals surface area contributed by atoms with Crippen LogP contribution >= 0.6 is 27.7 Å². The normalized spacial score (nSPS) is 15.4. The molecule has 7 heteroatoms. The molecule has 1 aliphatic heterocycles. The van der Waals surface area contributed by atoms with Crippen LogP contribution in [0.3, 0.4) is 0 Å². The van der Waals surface area contributed by atoms with Crippen molar-refractivity contribution in [3.8, 4) is 11.5 Å². The van der Waals surface area contributed by atoms with Crippen LogP contribution in [0.15, 0.2) is 87.2 Å². The monoisotopic (exact) mass is 606 g/mol. The number of halogens is 1. The van der Waals surface area contributed by atoms with E-state index in [2.05, 4.69) is 22.9 Å². The second-order valence-electron chi connectivity index (χ2n) is 9.20. The molecule has 204 valence electrons. The first kappa shape index (κ1) is 29.0. The Hall–Kier alpha value is -3.03. The molecule has 5 nitrogen and oxygen atoms in total. The number of carbonyl (C=O) groups excluding carboxylic acids is 1. The number of thioether (sulfide) groups is 1. The number of unbranched alkanes of at least 4 members (excludes halogenated alkanes) is 5. The van der Waals surface area contributed by atoms with E-state index in [0.717, 1.165) is 34.3 Å². The van der Waals surface area contributed by atoms with Gasteiger partial charge < -0.3 is 9.47 Å². The number of aliphatic imine (C=N–C) groups is 1. The predicted molar refractivity (Wildman–Crippen MR) is 167 cm³/mol. The predicted octanol–water partition coefficient (Wildman–Crippen LogP) is 9.40. The van der Waals surface area contributed by atoms with Crippen molar-refractivity contribution >= 4 is 56.2 Å². The van der Waals surface area contributed by atoms with Crippen molar-refractivity contribution < 1.29 is 14.3 Å². The highest BCUT2D eigenvalue weighted by Crippen LogP contribution is 2.41. The minimum absolute atomic E-state index is 0.113. The highest BCUT2D eigenvalue weighted by Gasteiger charge is 2.34. The average molecular weight is 608 g/mol. The van der Waals surface area contributed by atoms with Crippen LogP contribution in [0.1, 0.15) is 57.9 Å². The molecule has 0 radical (unpaired) electrons. The number of nitrogens with zero attached hydrogens (tertiary/aromatic N) is 2. The zero-order valence-corrected chi connectivity index (χ0v) is 25.0. The third kappa shape index (κ3) is 7.99. The van der Waals surface area contributed by atoms with Gasteiger partial charge in [-0.15, -0.1) is 0 Å². The molecule has 0 N–H and O–H groups in total. The number of anilines is 1. The van der Waals surface area contributed by atoms with Gasteiger partial charge in [-0.05, 0) is 89.1 Å². The first-order valence-electron chi connectivity index (χ1n) is 13.6. The van der Waals surface area contributed by atoms with E-state index >= 15 is 0 Å². The molecular formula is C32H35BrN2O3S. The van der Waals surface area contributed by atoms with Crippen molar-refractivity contribution in [2.24, 2.45) is 4.99 Å². The fraction of sp³-hybridized carbons (Fsp3) is 0.312. The summed E-state index contributed by atoms with van der Waals surface area (Å²) < 4.78 is 12.9. The summed E-state index contributed by atoms with van der Waals surface area (Å²) in [5, 5.41) is 0.617. The first-order valence-corrected chi connectivity index (χ1v) is 15.2. The molecular weight excluding hydrogens is 572 g/mol. The van der Waals surface area contributed by atoms with Crippen LogP contribution in [0.5, 0.6) is 11.5 Å². The van der Waals surface area contributed by atoms with E-state index in [1.54, 1.807) is 4.90 Å². The lowest BCUT2D eigenvalue weighted by atomic mass is 10.1. The fourth-order valence-electron chi connectivity index (χ4n) is 4.25. The number of amidine groups is 1. The average Bonchev–Trinajstić information content (AvgIpc) is 3.24. The zero-order valence-electron chi connectivity index (χ0n) is 22.6. The van der Waals surface area contributed by atoms with E-state index in [-0.39, 0.29) is 5.91 Å². The molecule has 1 saturated heterocycles. The van der Waals surface area contributed by atoms with Crippen molar-refractivity contribution in [2.45, 2.75) is 52.4 Å². The Kier molecular flexibility index (Phi) is 11.1. The van der Waals surface area contributed by atoms with Crippen molar-refractivity contribution in [3.05, 3.63) is 87.7 Å². The second-order valence-corrected chi connectivity index (χ2v) is 11.1. The van der Waals surface area contributed by atoms with Crippen LogP contribution in [-0.4, -0.2) is 24.3 Å². The highest BCUT2D eigenvalue weighted by atomic mass is 79.9. The lowest BCUT2D eigenvalue weighted by Gasteiger charge is -2.15. The van der Waals surface area contributed by atoms with Gasteiger partial charge in [-0.1, -0.05) is 75.4 Å². The number of hydrogen-bond acceptors (Lipinski definition) is 5. The van der Waals surface area contributed by atoms with Crippen LogP contribution in [0.25, 0.3) is 6.08 Å². The van der Waals surface area contributed by atoms with Crippen molar-refractivity contribution in [2.75, 3.05) is 18.1 Å². The van der Waals surface area contributed by atoms with E-state index in [9.17, 15) is 4.79 Å². The second kappa shape index (κ2) is 14.9. The molecule has 1 fully saturated rings. The molecule has 0 bridgehead atoms. The zero-order chi connectivity index (χ0) is 27.5. The Labute approximate surface area is 244 Å². The molecule has 1 aliphatic rings. The Morgan fingerprint density at radius 3 is 2.31 bits per heavy atom. The Morgan fingerprint density at radius 2 is 1.59 bits per heavy atom. The Morgan fingerprint density at radius 1 is 0.897 bits per heavy atom. The maximum Gasteiger partial charge on any atom is 0.271 e. The van der Waals surface area contributed by atoms with Gasteiger partial charge in [0.05, 0.1) is 34.0 Å². The molecule has 3 aromatic rings. The summed E-state index contributed by atoms with van der Waals surface area (Å²) in [7, 11) is 0. The summed E-state index contributed by atoms with van der Waals surface area (Å²) in [6, 6.07) is 23.2. The van der Waals surface area contributed by atoms with Crippen LogP contribution in [-0.2, 0) is 4.79 Å². The standard InChI is InChI=1S/C32H35BrN2O3S/c1-3-5-6-7-8-15-20-38-30-27(33)21-24(22-28(30)37-4-2)23-29-31(36)35(26-18-13-10-14-19-26)32(39-29)34-25-16-11-9-12-17-25/h9-14,16-19,21-23H,3-8,15,20H2,1-2H3/b29-23+,34-32?. The van der Waals surface area contributed by atoms with Crippen LogP contribution in [0.2, 0.25) is 0 Å². The molecule has 39 heavy (non-hydrogen) atoms. The number of hydrogen-bond donors (Lipinski definition) is 0. The largest absolute Gasteiger partial charge is 0.490 e. The molecule has 0 saturated carbocycles. The Bertz CT molecular complexity index is 1300. The summed E-state index contributed by atoms with van der Waals surface area (Å²) >= 11 is 5.05. The van der Waals surface area contributed by atoms with Crippen molar-refractivity contribution in [1.82, 2.24) is 0 Å². The topological polar surface area (TPSA) is 51.1 Å². The number of ether oxygens (including phenoxy) is 2. The van der Waals surface area contributed by atoms with Crippen LogP contribution in [0.4, 0.5) is 11.4 Å². The van der Waals surface area contributed by atoms with Gasteiger partial charge in [0, 0.05) is 0 Å². The van der Waals surface area contributed by atoms with E-state index in [1.807, 2.05) is 85.8 Å². The SMILES string of the molecule is CCCCCCCCOc1c(Br)cc(/C=C2/SC(=Nc3ccccc3)N(c3ccccc3)C2=O)cc1OCC. The number of para-hydroxylation sites is 2. The number of benzene rings is 3. The van der Waals surface area contributed by atoms with Gasteiger partial charge in [-0.2, -0.15) is 0 Å². The van der Waals surface area contributed by atoms with Gasteiger partial charge in [0.1, 0.15) is 0 Å². The summed E-state index contributed by atoms with van der Waals surface area (Å²) in [5.41, 5.74) is 2.42. The summed E-state index contributed by atoms with van der Waals surface area (Å²) in [4.78, 5) is 20.7. The van der Waals surface area contributed by atoms with Gasteiger partial charge in [0.15, 0.2) is 16.7 Å². The van der Waals surface area contributed by atoms with Gasteiger partial charge in [0.25, 0.3) is 5.91 Å². The lowest BCUT2D eigenvalue weighted by molar-refractivity contribution is -0.113. The van der Waals surface area contributed by atoms with Crippen LogP contribution in [0, 0.1) is 0 Å². The molecule has 0 spiro atoms. The molecule has 0 aliphatic carbocycles. The van der Waals surface area contributed by atoms with E-state index in [0.29, 0.717) is 34.8 Å². The maximum atomic E-state index is 13.6. The lowest BCUT2D eigenvalue weighted by Crippen LogP contribution is -2.28. The molecule has 0 unspecified atom stereocenters. The smallest absolute Gasteiger partial charge is 0.271 e. The minimum atomic E-state index is -0.113.